The van der Waals surface area contributed by atoms with Gasteiger partial charge in [-0.1, -0.05) is 0 Å². The Morgan fingerprint density at radius 2 is 1.94 bits per heavy atom. The summed E-state index contributed by atoms with van der Waals surface area (Å²) in [6.45, 7) is 3.66. The zero-order chi connectivity index (χ0) is 13.1. The van der Waals surface area contributed by atoms with Gasteiger partial charge in [0.15, 0.2) is 0 Å². The van der Waals surface area contributed by atoms with Crippen LogP contribution in [0.3, 0.4) is 0 Å². The van der Waals surface area contributed by atoms with Crippen LogP contribution >= 0.6 is 0 Å². The van der Waals surface area contributed by atoms with Crippen LogP contribution in [-0.4, -0.2) is 41.4 Å². The third-order valence-electron chi connectivity index (χ3n) is 2.75. The molecule has 17 heavy (non-hydrogen) atoms. The van der Waals surface area contributed by atoms with E-state index in [0.717, 1.165) is 4.90 Å². The first-order chi connectivity index (χ1) is 7.88. The summed E-state index contributed by atoms with van der Waals surface area (Å²) in [7, 11) is 0. The summed E-state index contributed by atoms with van der Waals surface area (Å²) in [5.74, 6) is -0.914. The Morgan fingerprint density at radius 1 is 1.41 bits per heavy atom. The molecule has 1 rings (SSSR count). The fourth-order valence-corrected chi connectivity index (χ4v) is 1.61. The van der Waals surface area contributed by atoms with Gasteiger partial charge in [-0.3, -0.25) is 19.3 Å². The lowest BCUT2D eigenvalue weighted by Crippen LogP contribution is -2.49. The molecule has 0 spiro atoms. The number of nitrogens with zero attached hydrogens (tertiary/aromatic N) is 1. The molecule has 6 heteroatoms. The number of amides is 2. The number of likely N-dealkylation sites (tertiary alicyclic amines) is 1. The second-order valence-corrected chi connectivity index (χ2v) is 4.33. The normalized spacial score (nSPS) is 19.4. The number of hydrogen-bond donors (Lipinski definition) is 1. The van der Waals surface area contributed by atoms with Crippen molar-refractivity contribution in [3.05, 3.63) is 0 Å². The van der Waals surface area contributed by atoms with Gasteiger partial charge in [0.2, 0.25) is 11.8 Å². The van der Waals surface area contributed by atoms with Crippen LogP contribution in [0.1, 0.15) is 33.1 Å². The van der Waals surface area contributed by atoms with Crippen LogP contribution in [0.15, 0.2) is 0 Å². The van der Waals surface area contributed by atoms with Gasteiger partial charge in [-0.05, 0) is 20.3 Å². The van der Waals surface area contributed by atoms with Gasteiger partial charge >= 0.3 is 5.97 Å². The number of nitrogens with two attached hydrogens (primary N) is 1. The van der Waals surface area contributed by atoms with Crippen molar-refractivity contribution in [2.45, 2.75) is 38.6 Å². The lowest BCUT2D eigenvalue weighted by molar-refractivity contribution is -0.150. The summed E-state index contributed by atoms with van der Waals surface area (Å²) < 4.78 is 4.82. The van der Waals surface area contributed by atoms with Crippen LogP contribution in [0.2, 0.25) is 0 Å². The van der Waals surface area contributed by atoms with E-state index < -0.39 is 11.5 Å². The summed E-state index contributed by atoms with van der Waals surface area (Å²) in [6, 6.07) is 0. The average Bonchev–Trinajstić information content (AvgIpc) is 2.56. The van der Waals surface area contributed by atoms with Crippen molar-refractivity contribution < 1.29 is 19.1 Å². The largest absolute Gasteiger partial charge is 0.465 e. The van der Waals surface area contributed by atoms with E-state index in [1.165, 1.54) is 6.92 Å². The van der Waals surface area contributed by atoms with Crippen molar-refractivity contribution in [2.75, 3.05) is 13.2 Å². The molecule has 0 bridgehead atoms. The summed E-state index contributed by atoms with van der Waals surface area (Å²) in [5, 5.41) is 0. The van der Waals surface area contributed by atoms with Crippen molar-refractivity contribution >= 4 is 17.8 Å². The number of carbonyl (C=O) groups is 3. The van der Waals surface area contributed by atoms with Crippen LogP contribution < -0.4 is 5.73 Å². The molecule has 0 radical (unpaired) electrons. The van der Waals surface area contributed by atoms with Crippen molar-refractivity contribution in [1.29, 1.82) is 0 Å². The number of imide groups is 1. The fourth-order valence-electron chi connectivity index (χ4n) is 1.61. The van der Waals surface area contributed by atoms with Crippen molar-refractivity contribution in [3.63, 3.8) is 0 Å². The van der Waals surface area contributed by atoms with E-state index in [1.807, 2.05) is 0 Å². The molecule has 1 saturated heterocycles. The average molecular weight is 242 g/mol. The highest BCUT2D eigenvalue weighted by Crippen LogP contribution is 2.15. The first kappa shape index (κ1) is 13.6. The molecule has 1 aliphatic heterocycles. The van der Waals surface area contributed by atoms with Crippen LogP contribution in [0.5, 0.6) is 0 Å². The third-order valence-corrected chi connectivity index (χ3v) is 2.75. The second kappa shape index (κ2) is 5.27. The monoisotopic (exact) mass is 242 g/mol. The third kappa shape index (κ3) is 3.26. The molecule has 1 atom stereocenters. The number of hydrogen-bond acceptors (Lipinski definition) is 5. The van der Waals surface area contributed by atoms with Crippen molar-refractivity contribution in [2.24, 2.45) is 5.73 Å². The van der Waals surface area contributed by atoms with Crippen LogP contribution in [0, 0.1) is 0 Å². The molecule has 2 N–H and O–H groups in total. The summed E-state index contributed by atoms with van der Waals surface area (Å²) in [4.78, 5) is 35.3. The molecular weight excluding hydrogens is 224 g/mol. The van der Waals surface area contributed by atoms with E-state index in [4.69, 9.17) is 10.5 Å². The zero-order valence-corrected chi connectivity index (χ0v) is 10.2. The molecule has 96 valence electrons. The van der Waals surface area contributed by atoms with Gasteiger partial charge in [-0.2, -0.15) is 0 Å². The summed E-state index contributed by atoms with van der Waals surface area (Å²) in [6.07, 6.45) is 0.711. The summed E-state index contributed by atoms with van der Waals surface area (Å²) >= 11 is 0. The molecule has 1 aliphatic rings. The molecule has 0 aliphatic carbocycles. The molecule has 1 unspecified atom stereocenters. The maximum atomic E-state index is 11.5. The molecule has 1 fully saturated rings. The van der Waals surface area contributed by atoms with Crippen molar-refractivity contribution in [1.82, 2.24) is 4.90 Å². The highest BCUT2D eigenvalue weighted by atomic mass is 16.5. The Kier molecular flexibility index (Phi) is 4.22. The van der Waals surface area contributed by atoms with E-state index in [0.29, 0.717) is 0 Å². The first-order valence-corrected chi connectivity index (χ1v) is 5.68. The van der Waals surface area contributed by atoms with Crippen LogP contribution in [0.25, 0.3) is 0 Å². The van der Waals surface area contributed by atoms with Gasteiger partial charge in [-0.25, -0.2) is 0 Å². The number of carbonyl (C=O) groups excluding carboxylic acids is 3. The molecular formula is C11H18N2O4. The molecule has 0 saturated carbocycles. The first-order valence-electron chi connectivity index (χ1n) is 5.68. The molecule has 2 amide bonds. The van der Waals surface area contributed by atoms with Gasteiger partial charge in [-0.15, -0.1) is 0 Å². The van der Waals surface area contributed by atoms with E-state index >= 15 is 0 Å². The van der Waals surface area contributed by atoms with E-state index in [2.05, 4.69) is 0 Å². The van der Waals surface area contributed by atoms with Crippen LogP contribution in [-0.2, 0) is 19.1 Å². The lowest BCUT2D eigenvalue weighted by atomic mass is 9.99. The Labute approximate surface area is 100 Å². The Morgan fingerprint density at radius 3 is 2.41 bits per heavy atom. The standard InChI is InChI=1S/C11H18N2O4/c1-3-17-10(16)11(2,12)6-7-13-8(14)4-5-9(13)15/h3-7,12H2,1-2H3. The van der Waals surface area contributed by atoms with Gasteiger partial charge in [0.25, 0.3) is 0 Å². The van der Waals surface area contributed by atoms with Gasteiger partial charge < -0.3 is 10.5 Å². The van der Waals surface area contributed by atoms with Gasteiger partial charge in [0.1, 0.15) is 5.54 Å². The molecule has 0 aromatic heterocycles. The number of rotatable bonds is 5. The quantitative estimate of drug-likeness (QED) is 0.533. The smallest absolute Gasteiger partial charge is 0.325 e. The minimum atomic E-state index is -1.17. The van der Waals surface area contributed by atoms with Gasteiger partial charge in [0, 0.05) is 19.4 Å². The number of ether oxygens (including phenoxy) is 1. The van der Waals surface area contributed by atoms with Crippen molar-refractivity contribution in [3.8, 4) is 0 Å². The summed E-state index contributed by atoms with van der Waals surface area (Å²) in [5.41, 5.74) is 4.62. The Hall–Kier alpha value is -1.43. The molecule has 0 aromatic carbocycles. The minimum absolute atomic E-state index is 0.170. The molecule has 6 nitrogen and oxygen atoms in total. The lowest BCUT2D eigenvalue weighted by Gasteiger charge is -2.24. The highest BCUT2D eigenvalue weighted by Gasteiger charge is 2.34. The SMILES string of the molecule is CCOC(=O)C(C)(N)CCN1C(=O)CCC1=O. The van der Waals surface area contributed by atoms with Crippen LogP contribution in [0.4, 0.5) is 0 Å². The predicted octanol–water partition coefficient (Wildman–Crippen LogP) is -0.194. The van der Waals surface area contributed by atoms with E-state index in [-0.39, 0.29) is 44.2 Å². The predicted molar refractivity (Wildman–Crippen MR) is 59.8 cm³/mol. The maximum absolute atomic E-state index is 11.5. The fraction of sp³-hybridized carbons (Fsp3) is 0.727. The Balaban J connectivity index is 2.51. The van der Waals surface area contributed by atoms with E-state index in [1.54, 1.807) is 6.92 Å². The topological polar surface area (TPSA) is 89.7 Å². The zero-order valence-electron chi connectivity index (χ0n) is 10.2. The molecule has 0 aromatic rings. The highest BCUT2D eigenvalue weighted by molar-refractivity contribution is 6.01. The van der Waals surface area contributed by atoms with Gasteiger partial charge in [0.05, 0.1) is 6.61 Å². The molecule has 1 heterocycles. The number of esters is 1. The maximum Gasteiger partial charge on any atom is 0.325 e. The Bertz CT molecular complexity index is 322. The van der Waals surface area contributed by atoms with E-state index in [9.17, 15) is 14.4 Å². The minimum Gasteiger partial charge on any atom is -0.465 e. The second-order valence-electron chi connectivity index (χ2n) is 4.33.